The number of pyridine rings is 1. The van der Waals surface area contributed by atoms with Crippen LogP contribution in [0.3, 0.4) is 0 Å². The minimum atomic E-state index is -2.69. The van der Waals surface area contributed by atoms with Crippen LogP contribution >= 0.6 is 11.6 Å². The third-order valence-corrected chi connectivity index (χ3v) is 14.4. The predicted molar refractivity (Wildman–Crippen MR) is 177 cm³/mol. The molecule has 2 saturated heterocycles. The second-order valence-electron chi connectivity index (χ2n) is 13.0. The van der Waals surface area contributed by atoms with Crippen LogP contribution in [0.2, 0.25) is 10.2 Å². The number of anilines is 1. The molecular weight excluding hydrogens is 593 g/mol. The third-order valence-electron chi connectivity index (χ3n) is 9.07. The van der Waals surface area contributed by atoms with E-state index >= 15 is 4.39 Å². The number of likely N-dealkylation sites (N-methyl/N-ethyl adjacent to an activating group) is 1. The van der Waals surface area contributed by atoms with E-state index in [4.69, 9.17) is 25.7 Å². The van der Waals surface area contributed by atoms with Gasteiger partial charge in [0.25, 0.3) is 8.32 Å². The number of fused-ring (bicyclic) bond motifs is 1. The van der Waals surface area contributed by atoms with Crippen molar-refractivity contribution < 1.29 is 13.6 Å². The Bertz CT molecular complexity index is 1540. The van der Waals surface area contributed by atoms with E-state index in [1.807, 2.05) is 0 Å². The highest BCUT2D eigenvalue weighted by Gasteiger charge is 2.52. The lowest BCUT2D eigenvalue weighted by atomic mass is 10.1. The number of ether oxygens (including phenoxy) is 1. The minimum Gasteiger partial charge on any atom is -0.462 e. The molecule has 6 rings (SSSR count). The van der Waals surface area contributed by atoms with E-state index < -0.39 is 14.1 Å². The zero-order chi connectivity index (χ0) is 30.9. The number of rotatable bonds is 8. The number of benzene rings is 2. The average molecular weight is 634 g/mol. The first-order valence-corrected chi connectivity index (χ1v) is 17.8. The van der Waals surface area contributed by atoms with E-state index in [0.717, 1.165) is 38.9 Å². The van der Waals surface area contributed by atoms with E-state index in [9.17, 15) is 0 Å². The lowest BCUT2D eigenvalue weighted by Gasteiger charge is -2.44. The Kier molecular flexibility index (Phi) is 8.92. The van der Waals surface area contributed by atoms with E-state index in [0.29, 0.717) is 17.8 Å². The standard InChI is InChI=1S/C34H41ClFN5O2Si/c1-34(2,3)44(26-14-8-5-9-15-26,27-16-10-6-11-17-27)43-25-20-24(40(4)22-25)23-42-33-38-30-28(21-37-31(35)29(30)36)32(39-33)41-18-12-7-13-19-41/h5-6,8-11,14-17,21,24-25H,7,12-13,18-20,22-23H2,1-4H3/t24-,25+/m0/s1. The molecule has 0 bridgehead atoms. The Morgan fingerprint density at radius 2 is 1.59 bits per heavy atom. The van der Waals surface area contributed by atoms with Crippen LogP contribution in [0, 0.1) is 5.82 Å². The molecule has 232 valence electrons. The molecule has 2 aromatic heterocycles. The van der Waals surface area contributed by atoms with Crippen LogP contribution < -0.4 is 20.0 Å². The zero-order valence-corrected chi connectivity index (χ0v) is 27.7. The SMILES string of the molecule is CN1C[C@H](O[Si](c2ccccc2)(c2ccccc2)C(C)(C)C)C[C@H]1COc1nc(N2CCCCC2)c2cnc(Cl)c(F)c2n1. The number of halogens is 2. The van der Waals surface area contributed by atoms with Crippen LogP contribution in [-0.4, -0.2) is 73.6 Å². The topological polar surface area (TPSA) is 63.6 Å². The highest BCUT2D eigenvalue weighted by molar-refractivity contribution is 6.99. The molecule has 7 nitrogen and oxygen atoms in total. The number of hydrogen-bond donors (Lipinski definition) is 0. The summed E-state index contributed by atoms with van der Waals surface area (Å²) in [6.07, 6.45) is 5.68. The van der Waals surface area contributed by atoms with Gasteiger partial charge in [-0.05, 0) is 48.1 Å². The number of piperidine rings is 1. The molecule has 0 spiro atoms. The molecule has 4 heterocycles. The summed E-state index contributed by atoms with van der Waals surface area (Å²) in [6.45, 7) is 9.75. The highest BCUT2D eigenvalue weighted by atomic mass is 35.5. The molecule has 2 fully saturated rings. The largest absolute Gasteiger partial charge is 0.462 e. The maximum absolute atomic E-state index is 15.1. The van der Waals surface area contributed by atoms with Gasteiger partial charge >= 0.3 is 6.01 Å². The Labute approximate surface area is 265 Å². The lowest BCUT2D eigenvalue weighted by Crippen LogP contribution is -2.67. The van der Waals surface area contributed by atoms with Crippen molar-refractivity contribution in [2.75, 3.05) is 38.2 Å². The van der Waals surface area contributed by atoms with Gasteiger partial charge in [0.05, 0.1) is 11.5 Å². The van der Waals surface area contributed by atoms with Crippen molar-refractivity contribution in [1.82, 2.24) is 19.9 Å². The van der Waals surface area contributed by atoms with Crippen molar-refractivity contribution in [1.29, 1.82) is 0 Å². The van der Waals surface area contributed by atoms with Crippen molar-refractivity contribution in [3.63, 3.8) is 0 Å². The molecule has 0 N–H and O–H groups in total. The van der Waals surface area contributed by atoms with Gasteiger partial charge in [-0.2, -0.15) is 9.97 Å². The van der Waals surface area contributed by atoms with Crippen LogP contribution in [0.5, 0.6) is 6.01 Å². The van der Waals surface area contributed by atoms with E-state index in [1.165, 1.54) is 16.8 Å². The van der Waals surface area contributed by atoms with E-state index in [2.05, 4.69) is 108 Å². The van der Waals surface area contributed by atoms with Gasteiger partial charge in [-0.15, -0.1) is 0 Å². The molecule has 0 aliphatic carbocycles. The summed E-state index contributed by atoms with van der Waals surface area (Å²) in [5.74, 6) is 0.00635. The Balaban J connectivity index is 1.25. The summed E-state index contributed by atoms with van der Waals surface area (Å²) in [5, 5.41) is 2.79. The number of likely N-dealkylation sites (tertiary alicyclic amines) is 1. The van der Waals surface area contributed by atoms with Gasteiger partial charge in [-0.25, -0.2) is 9.37 Å². The zero-order valence-electron chi connectivity index (χ0n) is 26.0. The monoisotopic (exact) mass is 633 g/mol. The molecule has 10 heteroatoms. The lowest BCUT2D eigenvalue weighted by molar-refractivity contribution is 0.187. The maximum Gasteiger partial charge on any atom is 0.319 e. The van der Waals surface area contributed by atoms with Crippen LogP contribution in [0.4, 0.5) is 10.2 Å². The third kappa shape index (κ3) is 5.95. The normalized spacial score (nSPS) is 19.9. The average Bonchev–Trinajstić information content (AvgIpc) is 3.39. The summed E-state index contributed by atoms with van der Waals surface area (Å²) >= 11 is 6.05. The van der Waals surface area contributed by atoms with Gasteiger partial charge in [0, 0.05) is 31.9 Å². The summed E-state index contributed by atoms with van der Waals surface area (Å²) in [7, 11) is -0.582. The molecule has 0 saturated carbocycles. The summed E-state index contributed by atoms with van der Waals surface area (Å²) in [6, 6.07) is 21.7. The Morgan fingerprint density at radius 1 is 0.955 bits per heavy atom. The number of aromatic nitrogens is 3. The molecule has 44 heavy (non-hydrogen) atoms. The fourth-order valence-corrected chi connectivity index (χ4v) is 11.7. The first-order valence-electron chi connectivity index (χ1n) is 15.6. The van der Waals surface area contributed by atoms with Crippen molar-refractivity contribution in [3.8, 4) is 6.01 Å². The molecular formula is C34H41ClFN5O2Si. The molecule has 2 aromatic carbocycles. The number of nitrogens with zero attached hydrogens (tertiary/aromatic N) is 5. The van der Waals surface area contributed by atoms with Crippen LogP contribution in [-0.2, 0) is 4.43 Å². The number of hydrogen-bond acceptors (Lipinski definition) is 7. The van der Waals surface area contributed by atoms with Gasteiger partial charge in [-0.3, -0.25) is 4.90 Å². The molecule has 2 atom stereocenters. The second-order valence-corrected chi connectivity index (χ2v) is 17.7. The van der Waals surface area contributed by atoms with Crippen molar-refractivity contribution >= 4 is 47.0 Å². The summed E-state index contributed by atoms with van der Waals surface area (Å²) in [5.41, 5.74) is 0.142. The molecule has 2 aliphatic heterocycles. The molecule has 0 unspecified atom stereocenters. The molecule has 4 aromatic rings. The summed E-state index contributed by atoms with van der Waals surface area (Å²) in [4.78, 5) is 17.7. The Morgan fingerprint density at radius 3 is 2.20 bits per heavy atom. The highest BCUT2D eigenvalue weighted by Crippen LogP contribution is 2.39. The fourth-order valence-electron chi connectivity index (χ4n) is 6.83. The quantitative estimate of drug-likeness (QED) is 0.179. The first-order chi connectivity index (χ1) is 21.2. The maximum atomic E-state index is 15.1. The predicted octanol–water partition coefficient (Wildman–Crippen LogP) is 5.84. The minimum absolute atomic E-state index is 0.0173. The van der Waals surface area contributed by atoms with Crippen molar-refractivity contribution in [3.05, 3.63) is 77.8 Å². The van der Waals surface area contributed by atoms with Gasteiger partial charge in [0.2, 0.25) is 0 Å². The Hall–Kier alpha value is -3.11. The molecule has 0 radical (unpaired) electrons. The van der Waals surface area contributed by atoms with Crippen molar-refractivity contribution in [2.45, 2.75) is 63.6 Å². The first kappa shape index (κ1) is 30.9. The van der Waals surface area contributed by atoms with Crippen molar-refractivity contribution in [2.24, 2.45) is 0 Å². The van der Waals surface area contributed by atoms with Gasteiger partial charge in [-0.1, -0.05) is 93.0 Å². The van der Waals surface area contributed by atoms with E-state index in [1.54, 1.807) is 6.20 Å². The van der Waals surface area contributed by atoms with Crippen LogP contribution in [0.25, 0.3) is 10.9 Å². The molecule has 0 amide bonds. The summed E-state index contributed by atoms with van der Waals surface area (Å²) < 4.78 is 28.8. The van der Waals surface area contributed by atoms with Gasteiger partial charge in [0.1, 0.15) is 17.9 Å². The van der Waals surface area contributed by atoms with Gasteiger partial charge < -0.3 is 14.1 Å². The van der Waals surface area contributed by atoms with Crippen LogP contribution in [0.1, 0.15) is 46.5 Å². The fraction of sp³-hybridized carbons (Fsp3) is 0.441. The second kappa shape index (κ2) is 12.7. The van der Waals surface area contributed by atoms with E-state index in [-0.39, 0.29) is 33.9 Å². The molecule has 2 aliphatic rings. The smallest absolute Gasteiger partial charge is 0.319 e. The van der Waals surface area contributed by atoms with Crippen LogP contribution in [0.15, 0.2) is 66.9 Å². The van der Waals surface area contributed by atoms with Gasteiger partial charge in [0.15, 0.2) is 11.0 Å².